The summed E-state index contributed by atoms with van der Waals surface area (Å²) in [6, 6.07) is 8.01. The van der Waals surface area contributed by atoms with Gasteiger partial charge < -0.3 is 15.2 Å². The van der Waals surface area contributed by atoms with E-state index in [-0.39, 0.29) is 6.10 Å². The fourth-order valence-corrected chi connectivity index (χ4v) is 2.71. The van der Waals surface area contributed by atoms with Crippen LogP contribution in [0.15, 0.2) is 24.3 Å². The molecule has 1 unspecified atom stereocenters. The van der Waals surface area contributed by atoms with Crippen molar-refractivity contribution in [3.63, 3.8) is 0 Å². The average molecular weight is 263 g/mol. The maximum absolute atomic E-state index is 6.19. The fraction of sp³-hybridized carbons (Fsp3) is 0.625. The van der Waals surface area contributed by atoms with Crippen molar-refractivity contribution >= 4 is 0 Å². The SMILES string of the molecule is COc1cccc(C(CN)OC2CCC(C)CC2)c1. The Labute approximate surface area is 116 Å². The van der Waals surface area contributed by atoms with Crippen molar-refractivity contribution in [3.05, 3.63) is 29.8 Å². The first-order chi connectivity index (χ1) is 9.22. The quantitative estimate of drug-likeness (QED) is 0.886. The number of hydrogen-bond acceptors (Lipinski definition) is 3. The Hall–Kier alpha value is -1.06. The van der Waals surface area contributed by atoms with Crippen LogP contribution < -0.4 is 10.5 Å². The van der Waals surface area contributed by atoms with Gasteiger partial charge in [0.1, 0.15) is 5.75 Å². The van der Waals surface area contributed by atoms with Crippen molar-refractivity contribution < 1.29 is 9.47 Å². The molecule has 106 valence electrons. The highest BCUT2D eigenvalue weighted by Gasteiger charge is 2.22. The predicted octanol–water partition coefficient (Wildman–Crippen LogP) is 3.29. The molecule has 0 aromatic heterocycles. The lowest BCUT2D eigenvalue weighted by Gasteiger charge is -2.30. The summed E-state index contributed by atoms with van der Waals surface area (Å²) in [5.74, 6) is 1.70. The molecule has 1 fully saturated rings. The van der Waals surface area contributed by atoms with Crippen molar-refractivity contribution in [2.45, 2.75) is 44.8 Å². The minimum absolute atomic E-state index is 0.0199. The Balaban J connectivity index is 1.99. The molecule has 1 aliphatic rings. The van der Waals surface area contributed by atoms with E-state index in [9.17, 15) is 0 Å². The molecule has 3 nitrogen and oxygen atoms in total. The highest BCUT2D eigenvalue weighted by Crippen LogP contribution is 2.30. The fourth-order valence-electron chi connectivity index (χ4n) is 2.71. The highest BCUT2D eigenvalue weighted by atomic mass is 16.5. The van der Waals surface area contributed by atoms with E-state index in [1.54, 1.807) is 7.11 Å². The van der Waals surface area contributed by atoms with E-state index in [4.69, 9.17) is 15.2 Å². The Morgan fingerprint density at radius 1 is 1.26 bits per heavy atom. The summed E-state index contributed by atoms with van der Waals surface area (Å²) in [5, 5.41) is 0. The van der Waals surface area contributed by atoms with Gasteiger partial charge in [-0.05, 0) is 49.3 Å². The molecular weight excluding hydrogens is 238 g/mol. The third-order valence-corrected chi connectivity index (χ3v) is 4.00. The monoisotopic (exact) mass is 263 g/mol. The maximum Gasteiger partial charge on any atom is 0.119 e. The second-order valence-electron chi connectivity index (χ2n) is 5.52. The lowest BCUT2D eigenvalue weighted by atomic mass is 9.89. The van der Waals surface area contributed by atoms with Gasteiger partial charge in [-0.3, -0.25) is 0 Å². The number of nitrogens with two attached hydrogens (primary N) is 1. The Kier molecular flexibility index (Phi) is 5.23. The molecule has 1 atom stereocenters. The van der Waals surface area contributed by atoms with Gasteiger partial charge in [-0.1, -0.05) is 19.1 Å². The van der Waals surface area contributed by atoms with Crippen LogP contribution >= 0.6 is 0 Å². The predicted molar refractivity (Wildman–Crippen MR) is 77.3 cm³/mol. The molecule has 0 aliphatic heterocycles. The Morgan fingerprint density at radius 2 is 2.00 bits per heavy atom. The van der Waals surface area contributed by atoms with E-state index >= 15 is 0 Å². The summed E-state index contributed by atoms with van der Waals surface area (Å²) in [6.07, 6.45) is 5.17. The summed E-state index contributed by atoms with van der Waals surface area (Å²) in [7, 11) is 1.68. The second-order valence-corrected chi connectivity index (χ2v) is 5.52. The van der Waals surface area contributed by atoms with Crippen molar-refractivity contribution in [1.29, 1.82) is 0 Å². The summed E-state index contributed by atoms with van der Waals surface area (Å²) in [6.45, 7) is 2.83. The highest BCUT2D eigenvalue weighted by molar-refractivity contribution is 5.30. The van der Waals surface area contributed by atoms with Crippen LogP contribution in [-0.4, -0.2) is 19.8 Å². The van der Waals surface area contributed by atoms with Crippen LogP contribution in [0.3, 0.4) is 0 Å². The van der Waals surface area contributed by atoms with Crippen LogP contribution in [0.4, 0.5) is 0 Å². The van der Waals surface area contributed by atoms with Crippen molar-refractivity contribution in [3.8, 4) is 5.75 Å². The number of benzene rings is 1. The van der Waals surface area contributed by atoms with Gasteiger partial charge in [0.2, 0.25) is 0 Å². The average Bonchev–Trinajstić information content (AvgIpc) is 2.46. The molecule has 2 rings (SSSR count). The topological polar surface area (TPSA) is 44.5 Å². The third-order valence-electron chi connectivity index (χ3n) is 4.00. The Bertz CT molecular complexity index is 386. The van der Waals surface area contributed by atoms with E-state index in [1.165, 1.54) is 12.8 Å². The number of methoxy groups -OCH3 is 1. The molecule has 1 aliphatic carbocycles. The van der Waals surface area contributed by atoms with Crippen molar-refractivity contribution in [2.24, 2.45) is 11.7 Å². The molecule has 19 heavy (non-hydrogen) atoms. The normalized spacial score (nSPS) is 25.0. The summed E-state index contributed by atoms with van der Waals surface area (Å²) in [5.41, 5.74) is 6.99. The van der Waals surface area contributed by atoms with Gasteiger partial charge in [-0.25, -0.2) is 0 Å². The first kappa shape index (κ1) is 14.4. The van der Waals surface area contributed by atoms with E-state index in [0.717, 1.165) is 30.1 Å². The molecule has 3 heteroatoms. The molecule has 1 saturated carbocycles. The van der Waals surface area contributed by atoms with E-state index in [2.05, 4.69) is 13.0 Å². The lowest BCUT2D eigenvalue weighted by molar-refractivity contribution is -0.0328. The van der Waals surface area contributed by atoms with Gasteiger partial charge in [0.25, 0.3) is 0 Å². The maximum atomic E-state index is 6.19. The minimum atomic E-state index is -0.0199. The molecular formula is C16H25NO2. The smallest absolute Gasteiger partial charge is 0.119 e. The van der Waals surface area contributed by atoms with Gasteiger partial charge >= 0.3 is 0 Å². The standard InChI is InChI=1S/C16H25NO2/c1-12-6-8-14(9-7-12)19-16(11-17)13-4-3-5-15(10-13)18-2/h3-5,10,12,14,16H,6-9,11,17H2,1-2H3. The minimum Gasteiger partial charge on any atom is -0.497 e. The molecule has 1 aromatic carbocycles. The lowest BCUT2D eigenvalue weighted by Crippen LogP contribution is -2.26. The Morgan fingerprint density at radius 3 is 2.63 bits per heavy atom. The summed E-state index contributed by atoms with van der Waals surface area (Å²) < 4.78 is 11.5. The molecule has 0 radical (unpaired) electrons. The van der Waals surface area contributed by atoms with Gasteiger partial charge in [0.05, 0.1) is 19.3 Å². The van der Waals surface area contributed by atoms with Crippen LogP contribution in [0.5, 0.6) is 5.75 Å². The molecule has 0 bridgehead atoms. The summed E-state index contributed by atoms with van der Waals surface area (Å²) >= 11 is 0. The number of ether oxygens (including phenoxy) is 2. The second kappa shape index (κ2) is 6.92. The first-order valence-corrected chi connectivity index (χ1v) is 7.22. The van der Waals surface area contributed by atoms with Crippen LogP contribution in [0.1, 0.15) is 44.3 Å². The van der Waals surface area contributed by atoms with Gasteiger partial charge in [-0.2, -0.15) is 0 Å². The molecule has 0 amide bonds. The zero-order chi connectivity index (χ0) is 13.7. The van der Waals surface area contributed by atoms with Crippen LogP contribution in [0, 0.1) is 5.92 Å². The number of hydrogen-bond donors (Lipinski definition) is 1. The molecule has 0 heterocycles. The number of rotatable bonds is 5. The van der Waals surface area contributed by atoms with Crippen LogP contribution in [0.25, 0.3) is 0 Å². The largest absolute Gasteiger partial charge is 0.497 e. The van der Waals surface area contributed by atoms with E-state index in [1.807, 2.05) is 18.2 Å². The van der Waals surface area contributed by atoms with Crippen LogP contribution in [-0.2, 0) is 4.74 Å². The van der Waals surface area contributed by atoms with E-state index in [0.29, 0.717) is 12.6 Å². The molecule has 0 saturated heterocycles. The van der Waals surface area contributed by atoms with Gasteiger partial charge in [0.15, 0.2) is 0 Å². The zero-order valence-corrected chi connectivity index (χ0v) is 12.0. The zero-order valence-electron chi connectivity index (χ0n) is 12.0. The third kappa shape index (κ3) is 3.95. The van der Waals surface area contributed by atoms with Gasteiger partial charge in [0, 0.05) is 6.54 Å². The van der Waals surface area contributed by atoms with Crippen molar-refractivity contribution in [1.82, 2.24) is 0 Å². The molecule has 1 aromatic rings. The molecule has 0 spiro atoms. The molecule has 2 N–H and O–H groups in total. The van der Waals surface area contributed by atoms with Crippen molar-refractivity contribution in [2.75, 3.05) is 13.7 Å². The van der Waals surface area contributed by atoms with Crippen LogP contribution in [0.2, 0.25) is 0 Å². The van der Waals surface area contributed by atoms with Gasteiger partial charge in [-0.15, -0.1) is 0 Å². The summed E-state index contributed by atoms with van der Waals surface area (Å²) in [4.78, 5) is 0. The van der Waals surface area contributed by atoms with E-state index < -0.39 is 0 Å². The first-order valence-electron chi connectivity index (χ1n) is 7.22.